The zero-order chi connectivity index (χ0) is 14.5. The Kier molecular flexibility index (Phi) is 4.21. The molecule has 1 aromatic carbocycles. The lowest BCUT2D eigenvalue weighted by molar-refractivity contribution is -0.122. The van der Waals surface area contributed by atoms with Gasteiger partial charge in [0.2, 0.25) is 5.91 Å². The van der Waals surface area contributed by atoms with E-state index < -0.39 is 11.8 Å². The molecule has 0 atom stereocenters. The minimum absolute atomic E-state index is 0.0952. The molecule has 0 saturated carbocycles. The first-order valence-corrected chi connectivity index (χ1v) is 6.05. The molecule has 3 amide bonds. The van der Waals surface area contributed by atoms with Crippen molar-refractivity contribution in [1.29, 1.82) is 0 Å². The molecule has 1 heterocycles. The van der Waals surface area contributed by atoms with Gasteiger partial charge in [0.15, 0.2) is 0 Å². The minimum Gasteiger partial charge on any atom is -0.294 e. The molecule has 20 heavy (non-hydrogen) atoms. The fraction of sp³-hybridized carbons (Fsp3) is 0.0833. The van der Waals surface area contributed by atoms with E-state index in [0.29, 0.717) is 10.6 Å². The van der Waals surface area contributed by atoms with Gasteiger partial charge < -0.3 is 0 Å². The van der Waals surface area contributed by atoms with Crippen molar-refractivity contribution in [3.05, 3.63) is 46.6 Å². The van der Waals surface area contributed by atoms with Crippen molar-refractivity contribution in [2.75, 3.05) is 0 Å². The van der Waals surface area contributed by atoms with Crippen molar-refractivity contribution in [2.24, 2.45) is 0 Å². The van der Waals surface area contributed by atoms with Gasteiger partial charge in [0.05, 0.1) is 0 Å². The summed E-state index contributed by atoms with van der Waals surface area (Å²) in [5.74, 6) is -1.31. The predicted octanol–water partition coefficient (Wildman–Crippen LogP) is 0.00940. The summed E-state index contributed by atoms with van der Waals surface area (Å²) in [7, 11) is 0. The maximum atomic E-state index is 11.7. The van der Waals surface area contributed by atoms with Crippen LogP contribution in [-0.2, 0) is 9.59 Å². The van der Waals surface area contributed by atoms with Gasteiger partial charge in [-0.15, -0.1) is 0 Å². The molecule has 0 radical (unpaired) electrons. The molecule has 8 heteroatoms. The molecule has 0 unspecified atom stereocenters. The van der Waals surface area contributed by atoms with Gasteiger partial charge in [-0.25, -0.2) is 0 Å². The molecule has 0 aliphatic carbocycles. The van der Waals surface area contributed by atoms with Gasteiger partial charge in [-0.05, 0) is 24.3 Å². The third kappa shape index (κ3) is 3.48. The summed E-state index contributed by atoms with van der Waals surface area (Å²) in [4.78, 5) is 34.3. The maximum Gasteiger partial charge on any atom is 0.287 e. The summed E-state index contributed by atoms with van der Waals surface area (Å²) in [6.45, 7) is 0. The van der Waals surface area contributed by atoms with Gasteiger partial charge in [-0.1, -0.05) is 17.7 Å². The lowest BCUT2D eigenvalue weighted by Gasteiger charge is -2.16. The lowest BCUT2D eigenvalue weighted by Crippen LogP contribution is -2.49. The molecule has 0 aromatic heterocycles. The third-order valence-electron chi connectivity index (χ3n) is 2.45. The van der Waals surface area contributed by atoms with Crippen molar-refractivity contribution >= 4 is 29.3 Å². The smallest absolute Gasteiger partial charge is 0.287 e. The van der Waals surface area contributed by atoms with Gasteiger partial charge in [0, 0.05) is 17.0 Å². The molecule has 2 rings (SSSR count). The largest absolute Gasteiger partial charge is 0.294 e. The van der Waals surface area contributed by atoms with Crippen molar-refractivity contribution in [1.82, 2.24) is 21.7 Å². The van der Waals surface area contributed by atoms with Crippen LogP contribution in [0.15, 0.2) is 36.0 Å². The Morgan fingerprint density at radius 1 is 1.15 bits per heavy atom. The second-order valence-corrected chi connectivity index (χ2v) is 4.35. The van der Waals surface area contributed by atoms with Crippen LogP contribution in [0.1, 0.15) is 16.8 Å². The number of nitrogens with one attached hydrogen (secondary N) is 4. The van der Waals surface area contributed by atoms with Crippen molar-refractivity contribution in [3.8, 4) is 0 Å². The summed E-state index contributed by atoms with van der Waals surface area (Å²) < 4.78 is 0. The van der Waals surface area contributed by atoms with Crippen LogP contribution in [0.3, 0.4) is 0 Å². The van der Waals surface area contributed by atoms with E-state index in [1.165, 1.54) is 12.1 Å². The summed E-state index contributed by atoms with van der Waals surface area (Å²) in [5, 5.41) is 0.420. The highest BCUT2D eigenvalue weighted by molar-refractivity contribution is 6.30. The average molecular weight is 295 g/mol. The summed E-state index contributed by atoms with van der Waals surface area (Å²) in [5.41, 5.74) is 9.64. The average Bonchev–Trinajstić information content (AvgIpc) is 2.45. The number of halogens is 1. The highest BCUT2D eigenvalue weighted by Gasteiger charge is 2.15. The molecule has 104 valence electrons. The monoisotopic (exact) mass is 294 g/mol. The molecule has 1 aliphatic heterocycles. The highest BCUT2D eigenvalue weighted by Crippen LogP contribution is 2.10. The fourth-order valence-corrected chi connectivity index (χ4v) is 1.66. The van der Waals surface area contributed by atoms with Crippen molar-refractivity contribution in [3.63, 3.8) is 0 Å². The van der Waals surface area contributed by atoms with Crippen molar-refractivity contribution < 1.29 is 14.4 Å². The zero-order valence-corrected chi connectivity index (χ0v) is 11.0. The van der Waals surface area contributed by atoms with Crippen LogP contribution in [-0.4, -0.2) is 17.7 Å². The van der Waals surface area contributed by atoms with E-state index in [4.69, 9.17) is 11.6 Å². The number of benzene rings is 1. The van der Waals surface area contributed by atoms with E-state index >= 15 is 0 Å². The molecule has 1 aliphatic rings. The first-order valence-electron chi connectivity index (χ1n) is 5.67. The van der Waals surface area contributed by atoms with E-state index in [-0.39, 0.29) is 18.0 Å². The molecular weight excluding hydrogens is 284 g/mol. The molecule has 4 N–H and O–H groups in total. The maximum absolute atomic E-state index is 11.7. The van der Waals surface area contributed by atoms with Crippen LogP contribution in [0, 0.1) is 0 Å². The Balaban J connectivity index is 1.90. The first kappa shape index (κ1) is 13.9. The minimum atomic E-state index is -0.569. The first-order chi connectivity index (χ1) is 9.56. The number of amides is 3. The second kappa shape index (κ2) is 6.07. The quantitative estimate of drug-likeness (QED) is 0.577. The summed E-state index contributed by atoms with van der Waals surface area (Å²) >= 11 is 5.76. The molecule has 7 nitrogen and oxygen atoms in total. The van der Waals surface area contributed by atoms with Crippen LogP contribution < -0.4 is 21.7 Å². The fourth-order valence-electron chi connectivity index (χ4n) is 1.47. The molecule has 0 spiro atoms. The van der Waals surface area contributed by atoms with Gasteiger partial charge in [-0.3, -0.25) is 36.1 Å². The van der Waals surface area contributed by atoms with Crippen LogP contribution in [0.2, 0.25) is 5.02 Å². The van der Waals surface area contributed by atoms with E-state index in [9.17, 15) is 14.4 Å². The number of hydrogen-bond donors (Lipinski definition) is 4. The standard InChI is InChI=1S/C12H11ClN4O3/c13-8-3-1-2-7(6-8)11(19)16-17-12(20)9-4-5-10(18)15-14-9/h1-4,6,14H,5H2,(H,15,18)(H,16,19)(H,17,20). The molecule has 0 saturated heterocycles. The topological polar surface area (TPSA) is 99.3 Å². The summed E-state index contributed by atoms with van der Waals surface area (Å²) in [6, 6.07) is 6.29. The molecule has 1 aromatic rings. The van der Waals surface area contributed by atoms with Crippen molar-refractivity contribution in [2.45, 2.75) is 6.42 Å². The number of hydrazine groups is 2. The Morgan fingerprint density at radius 3 is 2.55 bits per heavy atom. The second-order valence-electron chi connectivity index (χ2n) is 3.91. The SMILES string of the molecule is O=C1CC=C(C(=O)NNC(=O)c2cccc(Cl)c2)NN1. The van der Waals surface area contributed by atoms with Gasteiger partial charge in [0.1, 0.15) is 5.70 Å². The number of carbonyl (C=O) groups excluding carboxylic acids is 3. The van der Waals surface area contributed by atoms with Crippen LogP contribution in [0.5, 0.6) is 0 Å². The highest BCUT2D eigenvalue weighted by atomic mass is 35.5. The normalized spacial score (nSPS) is 13.7. The summed E-state index contributed by atoms with van der Waals surface area (Å²) in [6.07, 6.45) is 1.51. The Bertz CT molecular complexity index is 600. The van der Waals surface area contributed by atoms with E-state index in [2.05, 4.69) is 21.7 Å². The zero-order valence-electron chi connectivity index (χ0n) is 10.2. The third-order valence-corrected chi connectivity index (χ3v) is 2.68. The van der Waals surface area contributed by atoms with Crippen LogP contribution in [0.4, 0.5) is 0 Å². The Labute approximate surface area is 119 Å². The molecular formula is C12H11ClN4O3. The van der Waals surface area contributed by atoms with E-state index in [1.807, 2.05) is 0 Å². The Morgan fingerprint density at radius 2 is 1.90 bits per heavy atom. The van der Waals surface area contributed by atoms with Gasteiger partial charge in [0.25, 0.3) is 11.8 Å². The Hall–Kier alpha value is -2.54. The number of carbonyl (C=O) groups is 3. The lowest BCUT2D eigenvalue weighted by atomic mass is 10.2. The van der Waals surface area contributed by atoms with E-state index in [1.54, 1.807) is 18.2 Å². The number of rotatable bonds is 2. The van der Waals surface area contributed by atoms with Gasteiger partial charge >= 0.3 is 0 Å². The van der Waals surface area contributed by atoms with Crippen LogP contribution >= 0.6 is 11.6 Å². The van der Waals surface area contributed by atoms with Crippen LogP contribution in [0.25, 0.3) is 0 Å². The van der Waals surface area contributed by atoms with Gasteiger partial charge in [-0.2, -0.15) is 0 Å². The van der Waals surface area contributed by atoms with E-state index in [0.717, 1.165) is 0 Å². The molecule has 0 fully saturated rings. The predicted molar refractivity (Wildman–Crippen MR) is 71.0 cm³/mol. The molecule has 0 bridgehead atoms. The number of hydrogen-bond acceptors (Lipinski definition) is 4.